The van der Waals surface area contributed by atoms with E-state index >= 15 is 0 Å². The number of amides is 1. The third-order valence-electron chi connectivity index (χ3n) is 3.07. The van der Waals surface area contributed by atoms with Gasteiger partial charge in [0.15, 0.2) is 6.04 Å². The molecule has 0 aliphatic carbocycles. The van der Waals surface area contributed by atoms with Crippen molar-refractivity contribution in [2.45, 2.75) is 32.9 Å². The van der Waals surface area contributed by atoms with E-state index < -0.39 is 18.1 Å². The minimum atomic E-state index is -0.845. The number of methoxy groups -OCH3 is 1. The van der Waals surface area contributed by atoms with Crippen LogP contribution in [0, 0.1) is 5.41 Å². The molecule has 1 aromatic rings. The van der Waals surface area contributed by atoms with E-state index in [0.29, 0.717) is 5.56 Å². The molecule has 0 spiro atoms. The zero-order chi connectivity index (χ0) is 15.3. The summed E-state index contributed by atoms with van der Waals surface area (Å²) in [6.07, 6.45) is 0. The van der Waals surface area contributed by atoms with E-state index in [1.54, 1.807) is 24.3 Å². The van der Waals surface area contributed by atoms with Gasteiger partial charge in [-0.1, -0.05) is 51.1 Å². The third kappa shape index (κ3) is 4.06. The first-order chi connectivity index (χ1) is 9.27. The van der Waals surface area contributed by atoms with Crippen LogP contribution in [0.5, 0.6) is 0 Å². The van der Waals surface area contributed by atoms with Crippen molar-refractivity contribution >= 4 is 11.9 Å². The van der Waals surface area contributed by atoms with Crippen LogP contribution in [0.2, 0.25) is 0 Å². The van der Waals surface area contributed by atoms with Crippen LogP contribution in [0.15, 0.2) is 30.3 Å². The monoisotopic (exact) mass is 278 g/mol. The smallest absolute Gasteiger partial charge is 0.333 e. The zero-order valence-electron chi connectivity index (χ0n) is 12.3. The van der Waals surface area contributed by atoms with Crippen LogP contribution in [0.3, 0.4) is 0 Å². The predicted octanol–water partition coefficient (Wildman–Crippen LogP) is 1.39. The van der Waals surface area contributed by atoms with E-state index in [2.05, 4.69) is 5.32 Å². The zero-order valence-corrected chi connectivity index (χ0v) is 12.3. The summed E-state index contributed by atoms with van der Waals surface area (Å²) in [7, 11) is 1.29. The van der Waals surface area contributed by atoms with Crippen molar-refractivity contribution in [2.75, 3.05) is 7.11 Å². The van der Waals surface area contributed by atoms with E-state index in [0.717, 1.165) is 0 Å². The fourth-order valence-corrected chi connectivity index (χ4v) is 1.67. The average Bonchev–Trinajstić information content (AvgIpc) is 2.42. The van der Waals surface area contributed by atoms with E-state index in [4.69, 9.17) is 10.5 Å². The Bertz CT molecular complexity index is 466. The number of benzene rings is 1. The molecule has 2 unspecified atom stereocenters. The Labute approximate surface area is 119 Å². The molecule has 5 heteroatoms. The van der Waals surface area contributed by atoms with Crippen molar-refractivity contribution in [3.8, 4) is 0 Å². The Morgan fingerprint density at radius 3 is 2.20 bits per heavy atom. The second-order valence-corrected chi connectivity index (χ2v) is 5.72. The van der Waals surface area contributed by atoms with Gasteiger partial charge in [-0.3, -0.25) is 4.79 Å². The van der Waals surface area contributed by atoms with Crippen LogP contribution < -0.4 is 11.1 Å². The first-order valence-electron chi connectivity index (χ1n) is 6.46. The summed E-state index contributed by atoms with van der Waals surface area (Å²) in [6, 6.07) is 7.37. The number of ether oxygens (including phenoxy) is 1. The van der Waals surface area contributed by atoms with E-state index in [-0.39, 0.29) is 11.3 Å². The quantitative estimate of drug-likeness (QED) is 0.815. The van der Waals surface area contributed by atoms with Gasteiger partial charge in [-0.15, -0.1) is 0 Å². The third-order valence-corrected chi connectivity index (χ3v) is 3.07. The number of hydrogen-bond acceptors (Lipinski definition) is 4. The number of nitrogens with one attached hydrogen (secondary N) is 1. The molecule has 0 radical (unpaired) electrons. The molecular formula is C15H22N2O3. The second-order valence-electron chi connectivity index (χ2n) is 5.72. The van der Waals surface area contributed by atoms with Gasteiger partial charge in [-0.2, -0.15) is 0 Å². The molecule has 1 rings (SSSR count). The van der Waals surface area contributed by atoms with Crippen LogP contribution in [0.4, 0.5) is 0 Å². The molecular weight excluding hydrogens is 256 g/mol. The van der Waals surface area contributed by atoms with Crippen molar-refractivity contribution < 1.29 is 14.3 Å². The number of carbonyl (C=O) groups is 2. The van der Waals surface area contributed by atoms with E-state index in [1.807, 2.05) is 26.8 Å². The van der Waals surface area contributed by atoms with Gasteiger partial charge in [0.05, 0.1) is 13.2 Å². The summed E-state index contributed by atoms with van der Waals surface area (Å²) in [6.45, 7) is 5.60. The summed E-state index contributed by atoms with van der Waals surface area (Å²) in [5, 5.41) is 2.65. The lowest BCUT2D eigenvalue weighted by Crippen LogP contribution is -2.50. The highest BCUT2D eigenvalue weighted by molar-refractivity contribution is 5.88. The van der Waals surface area contributed by atoms with Crippen LogP contribution in [-0.2, 0) is 14.3 Å². The van der Waals surface area contributed by atoms with Gasteiger partial charge in [-0.05, 0) is 11.0 Å². The highest BCUT2D eigenvalue weighted by Crippen LogP contribution is 2.19. The molecule has 0 fully saturated rings. The molecule has 0 aliphatic rings. The molecule has 2 atom stereocenters. The van der Waals surface area contributed by atoms with Gasteiger partial charge in [0, 0.05) is 0 Å². The van der Waals surface area contributed by atoms with Crippen LogP contribution >= 0.6 is 0 Å². The SMILES string of the molecule is COC(=O)C(NC(=O)C(N)C(C)(C)C)c1ccccc1. The lowest BCUT2D eigenvalue weighted by molar-refractivity contribution is -0.145. The first kappa shape index (κ1) is 16.2. The van der Waals surface area contributed by atoms with E-state index in [9.17, 15) is 9.59 Å². The van der Waals surface area contributed by atoms with E-state index in [1.165, 1.54) is 7.11 Å². The molecule has 0 saturated carbocycles. The number of hydrogen-bond donors (Lipinski definition) is 2. The molecule has 0 aromatic heterocycles. The molecule has 1 aromatic carbocycles. The molecule has 5 nitrogen and oxygen atoms in total. The standard InChI is InChI=1S/C15H22N2O3/c1-15(2,3)12(16)13(18)17-11(14(19)20-4)10-8-6-5-7-9-10/h5-9,11-12H,16H2,1-4H3,(H,17,18). The molecule has 110 valence electrons. The minimum absolute atomic E-state index is 0.378. The molecule has 0 saturated heterocycles. The second kappa shape index (κ2) is 6.52. The summed E-state index contributed by atoms with van der Waals surface area (Å²) in [5.74, 6) is -0.901. The van der Waals surface area contributed by atoms with Gasteiger partial charge in [-0.25, -0.2) is 4.79 Å². The summed E-state index contributed by atoms with van der Waals surface area (Å²) < 4.78 is 4.74. The van der Waals surface area contributed by atoms with Gasteiger partial charge >= 0.3 is 5.97 Å². The van der Waals surface area contributed by atoms with Crippen molar-refractivity contribution in [3.63, 3.8) is 0 Å². The minimum Gasteiger partial charge on any atom is -0.467 e. The number of rotatable bonds is 4. The van der Waals surface area contributed by atoms with Crippen molar-refractivity contribution in [1.82, 2.24) is 5.32 Å². The summed E-state index contributed by atoms with van der Waals surface area (Å²) in [4.78, 5) is 24.0. The molecule has 20 heavy (non-hydrogen) atoms. The Morgan fingerprint density at radius 1 is 1.20 bits per heavy atom. The maximum absolute atomic E-state index is 12.1. The normalized spacial score (nSPS) is 14.2. The van der Waals surface area contributed by atoms with Crippen molar-refractivity contribution in [3.05, 3.63) is 35.9 Å². The topological polar surface area (TPSA) is 81.4 Å². The highest BCUT2D eigenvalue weighted by atomic mass is 16.5. The largest absolute Gasteiger partial charge is 0.467 e. The Balaban J connectivity index is 2.93. The van der Waals surface area contributed by atoms with Gasteiger partial charge in [0.1, 0.15) is 0 Å². The van der Waals surface area contributed by atoms with Crippen LogP contribution in [-0.4, -0.2) is 25.0 Å². The lowest BCUT2D eigenvalue weighted by atomic mass is 9.86. The van der Waals surface area contributed by atoms with Crippen LogP contribution in [0.25, 0.3) is 0 Å². The molecule has 0 aliphatic heterocycles. The summed E-state index contributed by atoms with van der Waals surface area (Å²) >= 11 is 0. The maximum atomic E-state index is 12.1. The Morgan fingerprint density at radius 2 is 1.75 bits per heavy atom. The molecule has 0 bridgehead atoms. The fourth-order valence-electron chi connectivity index (χ4n) is 1.67. The molecule has 3 N–H and O–H groups in total. The molecule has 0 heterocycles. The predicted molar refractivity (Wildman–Crippen MR) is 76.8 cm³/mol. The Hall–Kier alpha value is -1.88. The summed E-state index contributed by atoms with van der Waals surface area (Å²) in [5.41, 5.74) is 6.17. The van der Waals surface area contributed by atoms with Gasteiger partial charge in [0.25, 0.3) is 0 Å². The number of carbonyl (C=O) groups excluding carboxylic acids is 2. The lowest BCUT2D eigenvalue weighted by Gasteiger charge is -2.27. The Kier molecular flexibility index (Phi) is 5.27. The van der Waals surface area contributed by atoms with Gasteiger partial charge in [0.2, 0.25) is 5.91 Å². The van der Waals surface area contributed by atoms with Gasteiger partial charge < -0.3 is 15.8 Å². The first-order valence-corrected chi connectivity index (χ1v) is 6.46. The average molecular weight is 278 g/mol. The number of esters is 1. The maximum Gasteiger partial charge on any atom is 0.333 e. The van der Waals surface area contributed by atoms with Crippen LogP contribution in [0.1, 0.15) is 32.4 Å². The highest BCUT2D eigenvalue weighted by Gasteiger charge is 2.31. The fraction of sp³-hybridized carbons (Fsp3) is 0.467. The molecule has 1 amide bonds. The van der Waals surface area contributed by atoms with Crippen molar-refractivity contribution in [1.29, 1.82) is 0 Å². The number of nitrogens with two attached hydrogens (primary N) is 1. The van der Waals surface area contributed by atoms with Crippen molar-refractivity contribution in [2.24, 2.45) is 11.1 Å².